The maximum absolute atomic E-state index is 13.2. The topological polar surface area (TPSA) is 38.7 Å². The Kier molecular flexibility index (Phi) is 5.48. The van der Waals surface area contributed by atoms with Crippen molar-refractivity contribution in [1.29, 1.82) is 0 Å². The van der Waals surface area contributed by atoms with E-state index in [1.807, 2.05) is 17.5 Å². The summed E-state index contributed by atoms with van der Waals surface area (Å²) in [5.74, 6) is -1.07. The molecule has 7 heteroatoms. The Bertz CT molecular complexity index is 925. The van der Waals surface area contributed by atoms with E-state index in [9.17, 15) is 9.18 Å². The fraction of sp³-hybridized carbons (Fsp3) is 0. The summed E-state index contributed by atoms with van der Waals surface area (Å²) in [6, 6.07) is 13.9. The van der Waals surface area contributed by atoms with Crippen LogP contribution >= 0.6 is 34.5 Å². The van der Waals surface area contributed by atoms with E-state index in [1.54, 1.807) is 12.1 Å². The molecule has 1 heterocycles. The maximum Gasteiger partial charge on any atom is 0.367 e. The van der Waals surface area contributed by atoms with E-state index in [0.29, 0.717) is 16.3 Å². The van der Waals surface area contributed by atoms with Crippen LogP contribution in [0.25, 0.3) is 0 Å². The van der Waals surface area contributed by atoms with E-state index in [-0.39, 0.29) is 16.4 Å². The SMILES string of the molecule is O=C(O/N=C(/c1ccc(F)cc1)c1cccs1)c1ccc(Cl)cc1Cl. The Morgan fingerprint density at radius 3 is 2.48 bits per heavy atom. The lowest BCUT2D eigenvalue weighted by Crippen LogP contribution is -2.07. The van der Waals surface area contributed by atoms with Crippen LogP contribution in [0.3, 0.4) is 0 Å². The predicted octanol–water partition coefficient (Wildman–Crippen LogP) is 5.80. The minimum absolute atomic E-state index is 0.152. The third-order valence-electron chi connectivity index (χ3n) is 3.24. The van der Waals surface area contributed by atoms with Gasteiger partial charge in [-0.25, -0.2) is 9.18 Å². The minimum atomic E-state index is -0.710. The molecule has 25 heavy (non-hydrogen) atoms. The molecule has 0 bridgehead atoms. The van der Waals surface area contributed by atoms with Crippen molar-refractivity contribution >= 4 is 46.2 Å². The molecule has 0 radical (unpaired) electrons. The van der Waals surface area contributed by atoms with Crippen LogP contribution in [-0.2, 0) is 4.84 Å². The number of rotatable bonds is 4. The Hall–Kier alpha value is -2.21. The van der Waals surface area contributed by atoms with Gasteiger partial charge in [0.05, 0.1) is 15.5 Å². The highest BCUT2D eigenvalue weighted by atomic mass is 35.5. The predicted molar refractivity (Wildman–Crippen MR) is 98.2 cm³/mol. The van der Waals surface area contributed by atoms with Crippen LogP contribution < -0.4 is 0 Å². The highest BCUT2D eigenvalue weighted by Crippen LogP contribution is 2.22. The average Bonchev–Trinajstić information content (AvgIpc) is 3.10. The molecule has 3 nitrogen and oxygen atoms in total. The van der Waals surface area contributed by atoms with Gasteiger partial charge in [0.1, 0.15) is 11.5 Å². The maximum atomic E-state index is 13.2. The number of oxime groups is 1. The minimum Gasteiger partial charge on any atom is -0.312 e. The molecule has 0 saturated carbocycles. The van der Waals surface area contributed by atoms with E-state index in [1.165, 1.54) is 41.7 Å². The Morgan fingerprint density at radius 2 is 1.84 bits per heavy atom. The molecule has 0 saturated heterocycles. The summed E-state index contributed by atoms with van der Waals surface area (Å²) in [6.07, 6.45) is 0. The standard InChI is InChI=1S/C18H10Cl2FNO2S/c19-12-5-8-14(15(20)10-12)18(23)24-22-17(16-2-1-9-25-16)11-3-6-13(21)7-4-11/h1-10H/b22-17-. The van der Waals surface area contributed by atoms with Crippen LogP contribution in [0.4, 0.5) is 4.39 Å². The summed E-state index contributed by atoms with van der Waals surface area (Å²) >= 11 is 13.2. The van der Waals surface area contributed by atoms with Gasteiger partial charge in [0.25, 0.3) is 0 Å². The molecular formula is C18H10Cl2FNO2S. The summed E-state index contributed by atoms with van der Waals surface area (Å²) in [5.41, 5.74) is 1.20. The first-order valence-corrected chi connectivity index (χ1v) is 8.72. The molecule has 0 fully saturated rings. The molecule has 3 aromatic rings. The van der Waals surface area contributed by atoms with Gasteiger partial charge >= 0.3 is 5.97 Å². The fourth-order valence-electron chi connectivity index (χ4n) is 2.05. The van der Waals surface area contributed by atoms with Crippen molar-refractivity contribution < 1.29 is 14.0 Å². The third kappa shape index (κ3) is 4.25. The Balaban J connectivity index is 1.91. The third-order valence-corrected chi connectivity index (χ3v) is 4.67. The summed E-state index contributed by atoms with van der Waals surface area (Å²) < 4.78 is 13.2. The normalized spacial score (nSPS) is 11.4. The second kappa shape index (κ2) is 7.78. The van der Waals surface area contributed by atoms with Gasteiger partial charge in [0, 0.05) is 10.6 Å². The number of thiophene rings is 1. The molecule has 2 aromatic carbocycles. The van der Waals surface area contributed by atoms with Crippen molar-refractivity contribution in [2.24, 2.45) is 5.16 Å². The first-order valence-electron chi connectivity index (χ1n) is 7.09. The van der Waals surface area contributed by atoms with Gasteiger partial charge in [-0.2, -0.15) is 0 Å². The second-order valence-corrected chi connectivity index (χ2v) is 6.72. The summed E-state index contributed by atoms with van der Waals surface area (Å²) in [4.78, 5) is 18.1. The van der Waals surface area contributed by atoms with Gasteiger partial charge in [-0.1, -0.05) is 34.4 Å². The zero-order chi connectivity index (χ0) is 17.8. The first kappa shape index (κ1) is 17.6. The molecule has 0 aliphatic carbocycles. The van der Waals surface area contributed by atoms with Crippen LogP contribution in [-0.4, -0.2) is 11.7 Å². The lowest BCUT2D eigenvalue weighted by Gasteiger charge is -2.06. The van der Waals surface area contributed by atoms with Crippen LogP contribution in [0.15, 0.2) is 65.1 Å². The van der Waals surface area contributed by atoms with Crippen molar-refractivity contribution in [3.05, 3.63) is 91.8 Å². The average molecular weight is 394 g/mol. The molecule has 0 N–H and O–H groups in total. The Morgan fingerprint density at radius 1 is 1.08 bits per heavy atom. The van der Waals surface area contributed by atoms with Crippen molar-refractivity contribution in [1.82, 2.24) is 0 Å². The highest BCUT2D eigenvalue weighted by molar-refractivity contribution is 7.12. The number of hydrogen-bond donors (Lipinski definition) is 0. The zero-order valence-electron chi connectivity index (χ0n) is 12.6. The van der Waals surface area contributed by atoms with Crippen molar-refractivity contribution in [2.75, 3.05) is 0 Å². The van der Waals surface area contributed by atoms with Crippen LogP contribution in [0.5, 0.6) is 0 Å². The van der Waals surface area contributed by atoms with Gasteiger partial charge in [0.15, 0.2) is 0 Å². The van der Waals surface area contributed by atoms with Gasteiger partial charge in [-0.05, 0) is 53.9 Å². The van der Waals surface area contributed by atoms with E-state index >= 15 is 0 Å². The molecule has 0 amide bonds. The first-order chi connectivity index (χ1) is 12.0. The quantitative estimate of drug-likeness (QED) is 0.319. The van der Waals surface area contributed by atoms with E-state index in [0.717, 1.165) is 4.88 Å². The summed E-state index contributed by atoms with van der Waals surface area (Å²) in [7, 11) is 0. The molecular weight excluding hydrogens is 384 g/mol. The number of hydrogen-bond acceptors (Lipinski definition) is 4. The van der Waals surface area contributed by atoms with Crippen LogP contribution in [0.2, 0.25) is 10.0 Å². The number of carbonyl (C=O) groups excluding carboxylic acids is 1. The lowest BCUT2D eigenvalue weighted by atomic mass is 10.1. The van der Waals surface area contributed by atoms with Gasteiger partial charge in [-0.15, -0.1) is 11.3 Å². The smallest absolute Gasteiger partial charge is 0.312 e. The molecule has 0 aliphatic heterocycles. The summed E-state index contributed by atoms with van der Waals surface area (Å²) in [6.45, 7) is 0. The van der Waals surface area contributed by atoms with Gasteiger partial charge in [0.2, 0.25) is 0 Å². The van der Waals surface area contributed by atoms with E-state index in [2.05, 4.69) is 5.16 Å². The van der Waals surface area contributed by atoms with E-state index in [4.69, 9.17) is 28.0 Å². The number of benzene rings is 2. The largest absolute Gasteiger partial charge is 0.367 e. The molecule has 126 valence electrons. The highest BCUT2D eigenvalue weighted by Gasteiger charge is 2.15. The van der Waals surface area contributed by atoms with Crippen LogP contribution in [0, 0.1) is 5.82 Å². The van der Waals surface area contributed by atoms with Crippen molar-refractivity contribution in [2.45, 2.75) is 0 Å². The molecule has 1 aromatic heterocycles. The molecule has 0 unspecified atom stereocenters. The zero-order valence-corrected chi connectivity index (χ0v) is 14.9. The number of nitrogens with zero attached hydrogens (tertiary/aromatic N) is 1. The molecule has 0 spiro atoms. The fourth-order valence-corrected chi connectivity index (χ4v) is 3.27. The molecule has 0 atom stereocenters. The second-order valence-electron chi connectivity index (χ2n) is 4.93. The van der Waals surface area contributed by atoms with Crippen molar-refractivity contribution in [3.8, 4) is 0 Å². The molecule has 3 rings (SSSR count). The number of carbonyl (C=O) groups is 1. The van der Waals surface area contributed by atoms with Gasteiger partial charge in [-0.3, -0.25) is 0 Å². The van der Waals surface area contributed by atoms with Crippen molar-refractivity contribution in [3.63, 3.8) is 0 Å². The molecule has 0 aliphatic rings. The van der Waals surface area contributed by atoms with E-state index < -0.39 is 5.97 Å². The lowest BCUT2D eigenvalue weighted by molar-refractivity contribution is 0.0517. The summed E-state index contributed by atoms with van der Waals surface area (Å²) in [5, 5.41) is 6.42. The van der Waals surface area contributed by atoms with Crippen LogP contribution in [0.1, 0.15) is 20.8 Å². The monoisotopic (exact) mass is 393 g/mol. The number of halogens is 3. The Labute approximate surface area is 157 Å². The van der Waals surface area contributed by atoms with Gasteiger partial charge < -0.3 is 4.84 Å².